The van der Waals surface area contributed by atoms with E-state index in [0.29, 0.717) is 17.0 Å². The maximum Gasteiger partial charge on any atom is 0.262 e. The summed E-state index contributed by atoms with van der Waals surface area (Å²) in [6.45, 7) is 0.0157. The molecule has 20 heavy (non-hydrogen) atoms. The van der Waals surface area contributed by atoms with E-state index in [9.17, 15) is 9.18 Å². The first-order chi connectivity index (χ1) is 9.18. The second-order valence-corrected chi connectivity index (χ2v) is 4.30. The zero-order valence-electron chi connectivity index (χ0n) is 10.8. The summed E-state index contributed by atoms with van der Waals surface area (Å²) in [5.74, 6) is -0.477. The Labute approximate surface area is 121 Å². The van der Waals surface area contributed by atoms with E-state index in [-0.39, 0.29) is 30.7 Å². The first-order valence-corrected chi connectivity index (χ1v) is 5.92. The Morgan fingerprint density at radius 2 is 1.95 bits per heavy atom. The minimum absolute atomic E-state index is 0. The number of hydrogen-bond donors (Lipinski definition) is 0. The monoisotopic (exact) mass is 293 g/mol. The van der Waals surface area contributed by atoms with E-state index < -0.39 is 0 Å². The van der Waals surface area contributed by atoms with Gasteiger partial charge in [0.05, 0.1) is 11.4 Å². The molecule has 1 aliphatic heterocycles. The fraction of sp³-hybridized carbons (Fsp3) is 0.143. The summed E-state index contributed by atoms with van der Waals surface area (Å²) in [4.78, 5) is 16.1. The van der Waals surface area contributed by atoms with E-state index in [1.807, 2.05) is 6.07 Å². The van der Waals surface area contributed by atoms with Crippen LogP contribution in [-0.4, -0.2) is 29.9 Å². The molecule has 2 aromatic rings. The average molecular weight is 294 g/mol. The summed E-state index contributed by atoms with van der Waals surface area (Å²) >= 11 is 0. The number of halogens is 2. The quantitative estimate of drug-likeness (QED) is 0.792. The van der Waals surface area contributed by atoms with Crippen molar-refractivity contribution >= 4 is 24.0 Å². The number of carbonyl (C=O) groups is 1. The second-order valence-electron chi connectivity index (χ2n) is 4.30. The molecule has 0 spiro atoms. The number of benzene rings is 1. The van der Waals surface area contributed by atoms with Crippen LogP contribution in [0.3, 0.4) is 0 Å². The van der Waals surface area contributed by atoms with Crippen molar-refractivity contribution in [1.29, 1.82) is 0 Å². The van der Waals surface area contributed by atoms with Crippen molar-refractivity contribution in [2.24, 2.45) is 4.99 Å². The van der Waals surface area contributed by atoms with Crippen LogP contribution in [0.5, 0.6) is 0 Å². The average Bonchev–Trinajstić information content (AvgIpc) is 2.85. The summed E-state index contributed by atoms with van der Waals surface area (Å²) in [6.07, 6.45) is 1.76. The van der Waals surface area contributed by atoms with Gasteiger partial charge in [0.1, 0.15) is 12.4 Å². The Morgan fingerprint density at radius 1 is 1.20 bits per heavy atom. The molecule has 1 aliphatic rings. The fourth-order valence-corrected chi connectivity index (χ4v) is 2.15. The third-order valence-corrected chi connectivity index (χ3v) is 3.16. The lowest BCUT2D eigenvalue weighted by Gasteiger charge is -2.18. The third kappa shape index (κ3) is 2.20. The van der Waals surface area contributed by atoms with Crippen molar-refractivity contribution in [2.45, 2.75) is 0 Å². The second kappa shape index (κ2) is 5.46. The summed E-state index contributed by atoms with van der Waals surface area (Å²) in [7, 11) is 1.67. The zero-order chi connectivity index (χ0) is 13.4. The van der Waals surface area contributed by atoms with Gasteiger partial charge >= 0.3 is 0 Å². The molecular formula is C14H13ClFN3O. The smallest absolute Gasteiger partial charge is 0.262 e. The van der Waals surface area contributed by atoms with E-state index in [0.717, 1.165) is 0 Å². The van der Waals surface area contributed by atoms with Gasteiger partial charge in [-0.05, 0) is 24.3 Å². The van der Waals surface area contributed by atoms with E-state index in [2.05, 4.69) is 4.99 Å². The molecule has 0 unspecified atom stereocenters. The van der Waals surface area contributed by atoms with Crippen molar-refractivity contribution in [1.82, 2.24) is 4.68 Å². The predicted octanol–water partition coefficient (Wildman–Crippen LogP) is 1.99. The third-order valence-electron chi connectivity index (χ3n) is 3.16. The lowest BCUT2D eigenvalue weighted by Crippen LogP contribution is -2.37. The van der Waals surface area contributed by atoms with Crippen molar-refractivity contribution in [3.05, 3.63) is 59.7 Å². The first kappa shape index (κ1) is 14.3. The van der Waals surface area contributed by atoms with Gasteiger partial charge in [0, 0.05) is 18.8 Å². The number of hydrogen-bond acceptors (Lipinski definition) is 2. The van der Waals surface area contributed by atoms with E-state index in [1.165, 1.54) is 11.1 Å². The number of aromatic nitrogens is 1. The highest BCUT2D eigenvalue weighted by molar-refractivity contribution is 6.14. The first-order valence-electron chi connectivity index (χ1n) is 5.92. The Kier molecular flexibility index (Phi) is 3.90. The number of rotatable bonds is 1. The van der Waals surface area contributed by atoms with Gasteiger partial charge in [0.25, 0.3) is 5.91 Å². The lowest BCUT2D eigenvalue weighted by atomic mass is 10.1. The van der Waals surface area contributed by atoms with Crippen LogP contribution in [0.15, 0.2) is 47.6 Å². The molecule has 2 heterocycles. The van der Waals surface area contributed by atoms with Gasteiger partial charge in [-0.25, -0.2) is 4.39 Å². The molecule has 0 atom stereocenters. The molecule has 1 amide bonds. The van der Waals surface area contributed by atoms with Crippen LogP contribution in [0.1, 0.15) is 11.3 Å². The van der Waals surface area contributed by atoms with Gasteiger partial charge in [0.15, 0.2) is 0 Å². The molecule has 0 fully saturated rings. The van der Waals surface area contributed by atoms with E-state index >= 15 is 0 Å². The Hall–Kier alpha value is -2.14. The molecule has 4 nitrogen and oxygen atoms in total. The van der Waals surface area contributed by atoms with Crippen LogP contribution in [0.2, 0.25) is 0 Å². The number of carbonyl (C=O) groups excluding carboxylic acids is 1. The number of nitrogens with zero attached hydrogens (tertiary/aromatic N) is 3. The maximum absolute atomic E-state index is 13.9. The van der Waals surface area contributed by atoms with Crippen molar-refractivity contribution in [2.75, 3.05) is 18.6 Å². The van der Waals surface area contributed by atoms with Gasteiger partial charge in [0.2, 0.25) is 0 Å². The van der Waals surface area contributed by atoms with Gasteiger partial charge < -0.3 is 0 Å². The normalized spacial score (nSPS) is 14.2. The molecule has 0 aliphatic carbocycles. The molecule has 1 aromatic heterocycles. The van der Waals surface area contributed by atoms with Crippen LogP contribution in [0.25, 0.3) is 0 Å². The molecule has 0 bridgehead atoms. The zero-order valence-corrected chi connectivity index (χ0v) is 11.6. The molecule has 6 heteroatoms. The summed E-state index contributed by atoms with van der Waals surface area (Å²) in [5.41, 5.74) is 1.62. The highest BCUT2D eigenvalue weighted by atomic mass is 35.5. The van der Waals surface area contributed by atoms with E-state index in [4.69, 9.17) is 0 Å². The van der Waals surface area contributed by atoms with Crippen LogP contribution >= 0.6 is 12.4 Å². The highest BCUT2D eigenvalue weighted by Crippen LogP contribution is 2.17. The van der Waals surface area contributed by atoms with Crippen LogP contribution in [0.4, 0.5) is 4.39 Å². The van der Waals surface area contributed by atoms with Crippen molar-refractivity contribution < 1.29 is 9.18 Å². The van der Waals surface area contributed by atoms with Crippen molar-refractivity contribution in [3.63, 3.8) is 0 Å². The largest absolute Gasteiger partial charge is 0.272 e. The van der Waals surface area contributed by atoms with Crippen LogP contribution < -0.4 is 5.01 Å². The van der Waals surface area contributed by atoms with Gasteiger partial charge in [-0.15, -0.1) is 12.4 Å². The van der Waals surface area contributed by atoms with Crippen LogP contribution in [-0.2, 0) is 4.79 Å². The highest BCUT2D eigenvalue weighted by Gasteiger charge is 2.22. The molecule has 0 saturated heterocycles. The summed E-state index contributed by atoms with van der Waals surface area (Å²) in [6, 6.07) is 10.1. The van der Waals surface area contributed by atoms with Gasteiger partial charge in [-0.2, -0.15) is 0 Å². The van der Waals surface area contributed by atoms with Gasteiger partial charge in [-0.3, -0.25) is 19.5 Å². The SMILES string of the molecule is CN1C(=O)CN=C(c2ccccc2F)c2cccn21.Cl. The van der Waals surface area contributed by atoms with Gasteiger partial charge in [-0.1, -0.05) is 12.1 Å². The standard InChI is InChI=1S/C14H12FN3O.ClH/c1-17-13(19)9-16-14(12-7-4-8-18(12)17)10-5-2-3-6-11(10)15;/h2-8H,9H2,1H3;1H. The van der Waals surface area contributed by atoms with E-state index in [1.54, 1.807) is 42.2 Å². The number of fused-ring (bicyclic) bond motifs is 1. The molecule has 104 valence electrons. The summed E-state index contributed by atoms with van der Waals surface area (Å²) < 4.78 is 15.6. The minimum Gasteiger partial charge on any atom is -0.272 e. The number of aliphatic imine (C=N–C) groups is 1. The Balaban J connectivity index is 0.00000147. The molecule has 0 N–H and O–H groups in total. The molecule has 1 aromatic carbocycles. The number of likely N-dealkylation sites (N-methyl/N-ethyl adjacent to an activating group) is 1. The Morgan fingerprint density at radius 3 is 2.70 bits per heavy atom. The van der Waals surface area contributed by atoms with Crippen molar-refractivity contribution in [3.8, 4) is 0 Å². The predicted molar refractivity (Wildman–Crippen MR) is 77.7 cm³/mol. The molecule has 0 saturated carbocycles. The molecule has 3 rings (SSSR count). The number of amides is 1. The maximum atomic E-state index is 13.9. The summed E-state index contributed by atoms with van der Waals surface area (Å²) in [5, 5.41) is 1.48. The lowest BCUT2D eigenvalue weighted by molar-refractivity contribution is -0.118. The molecule has 0 radical (unpaired) electrons. The topological polar surface area (TPSA) is 37.6 Å². The molecular weight excluding hydrogens is 281 g/mol. The Bertz CT molecular complexity index is 681. The minimum atomic E-state index is -0.342. The van der Waals surface area contributed by atoms with Crippen LogP contribution in [0, 0.1) is 5.82 Å². The fourth-order valence-electron chi connectivity index (χ4n) is 2.15.